The fourth-order valence-corrected chi connectivity index (χ4v) is 3.00. The van der Waals surface area contributed by atoms with Gasteiger partial charge in [-0.3, -0.25) is 19.1 Å². The third-order valence-electron chi connectivity index (χ3n) is 4.64. The number of amides is 1. The number of aromatic nitrogens is 3. The fourth-order valence-electron chi connectivity index (χ4n) is 3.00. The smallest absolute Gasteiger partial charge is 0.414 e. The van der Waals surface area contributed by atoms with Crippen LogP contribution in [0.25, 0.3) is 5.82 Å². The lowest BCUT2D eigenvalue weighted by Crippen LogP contribution is -2.35. The number of rotatable bonds is 6. The minimum atomic E-state index is -1.82. The number of hydrogen-bond donors (Lipinski definition) is 3. The Labute approximate surface area is 204 Å². The number of halogens is 1. The SMILES string of the molecule is CN(C(=O)OC(C)(C)C)c1cc(Nc2cccn(-c3ccc(F)cn3)c2=O)nc(C(=O)C(=O)O)c1N. The molecule has 3 aromatic rings. The van der Waals surface area contributed by atoms with E-state index in [1.807, 2.05) is 0 Å². The van der Waals surface area contributed by atoms with E-state index >= 15 is 0 Å². The standard InChI is InChI=1S/C23H23FN6O6/c1-23(2,3)36-22(35)29(4)14-10-15(28-18(17(14)25)19(31)21(33)34)27-13-6-5-9-30(20(13)32)16-8-7-12(24)11-26-16/h5-11H,25H2,1-4H3,(H,27,28)(H,33,34). The van der Waals surface area contributed by atoms with Gasteiger partial charge in [-0.25, -0.2) is 23.9 Å². The van der Waals surface area contributed by atoms with Gasteiger partial charge in [0.2, 0.25) is 0 Å². The van der Waals surface area contributed by atoms with Gasteiger partial charge in [0.25, 0.3) is 11.3 Å². The Hall–Kier alpha value is -4.81. The van der Waals surface area contributed by atoms with Crippen LogP contribution < -0.4 is 21.5 Å². The molecule has 0 saturated carbocycles. The van der Waals surface area contributed by atoms with E-state index in [9.17, 15) is 28.7 Å². The molecular formula is C23H23FN6O6. The van der Waals surface area contributed by atoms with Gasteiger partial charge in [-0.2, -0.15) is 0 Å². The first-order valence-electron chi connectivity index (χ1n) is 10.4. The Morgan fingerprint density at radius 1 is 1.22 bits per heavy atom. The van der Waals surface area contributed by atoms with Crippen LogP contribution in [0.2, 0.25) is 0 Å². The normalized spacial score (nSPS) is 11.0. The van der Waals surface area contributed by atoms with Crippen molar-refractivity contribution < 1.29 is 28.6 Å². The lowest BCUT2D eigenvalue weighted by molar-refractivity contribution is -0.131. The molecule has 12 nitrogen and oxygen atoms in total. The number of nitrogens with two attached hydrogens (primary N) is 1. The summed E-state index contributed by atoms with van der Waals surface area (Å²) in [5.74, 6) is -3.83. The van der Waals surface area contributed by atoms with Crippen LogP contribution in [0, 0.1) is 5.82 Å². The van der Waals surface area contributed by atoms with Crippen LogP contribution in [0.15, 0.2) is 47.5 Å². The van der Waals surface area contributed by atoms with E-state index in [1.54, 1.807) is 20.8 Å². The Balaban J connectivity index is 2.09. The molecule has 3 aromatic heterocycles. The number of hydrogen-bond acceptors (Lipinski definition) is 9. The summed E-state index contributed by atoms with van der Waals surface area (Å²) in [4.78, 5) is 58.0. The van der Waals surface area contributed by atoms with E-state index in [0.717, 1.165) is 21.7 Å². The molecule has 4 N–H and O–H groups in total. The first-order valence-corrected chi connectivity index (χ1v) is 10.4. The molecule has 0 aliphatic rings. The number of carboxylic acid groups (broad SMARTS) is 1. The van der Waals surface area contributed by atoms with Crippen LogP contribution in [0.1, 0.15) is 31.3 Å². The number of pyridine rings is 3. The molecule has 0 radical (unpaired) electrons. The highest BCUT2D eigenvalue weighted by Gasteiger charge is 2.28. The Morgan fingerprint density at radius 3 is 2.50 bits per heavy atom. The van der Waals surface area contributed by atoms with Crippen molar-refractivity contribution in [2.75, 3.05) is 23.0 Å². The summed E-state index contributed by atoms with van der Waals surface area (Å²) in [7, 11) is 1.31. The third-order valence-corrected chi connectivity index (χ3v) is 4.64. The van der Waals surface area contributed by atoms with Gasteiger partial charge in [-0.05, 0) is 45.0 Å². The molecule has 0 aliphatic carbocycles. The van der Waals surface area contributed by atoms with Crippen molar-refractivity contribution in [3.63, 3.8) is 0 Å². The van der Waals surface area contributed by atoms with Crippen LogP contribution in [0.5, 0.6) is 0 Å². The van der Waals surface area contributed by atoms with Crippen LogP contribution in [-0.4, -0.2) is 50.1 Å². The molecule has 36 heavy (non-hydrogen) atoms. The van der Waals surface area contributed by atoms with E-state index < -0.39 is 40.5 Å². The number of anilines is 4. The molecule has 0 aromatic carbocycles. The first-order chi connectivity index (χ1) is 16.8. The van der Waals surface area contributed by atoms with E-state index in [-0.39, 0.29) is 28.7 Å². The van der Waals surface area contributed by atoms with E-state index in [2.05, 4.69) is 15.3 Å². The molecule has 3 rings (SSSR count). The number of aliphatic carboxylic acids is 1. The van der Waals surface area contributed by atoms with Crippen LogP contribution >= 0.6 is 0 Å². The van der Waals surface area contributed by atoms with Crippen molar-refractivity contribution >= 4 is 40.7 Å². The lowest BCUT2D eigenvalue weighted by Gasteiger charge is -2.26. The van der Waals surface area contributed by atoms with Gasteiger partial charge in [-0.15, -0.1) is 0 Å². The second kappa shape index (κ2) is 9.82. The summed E-state index contributed by atoms with van der Waals surface area (Å²) in [6.45, 7) is 4.95. The number of nitrogen functional groups attached to an aromatic ring is 1. The highest BCUT2D eigenvalue weighted by atomic mass is 19.1. The first kappa shape index (κ1) is 25.8. The number of carboxylic acids is 1. The minimum Gasteiger partial charge on any atom is -0.475 e. The van der Waals surface area contributed by atoms with E-state index in [4.69, 9.17) is 10.5 Å². The quantitative estimate of drug-likeness (QED) is 0.339. The van der Waals surface area contributed by atoms with Gasteiger partial charge in [0.05, 0.1) is 17.6 Å². The lowest BCUT2D eigenvalue weighted by atomic mass is 10.1. The summed E-state index contributed by atoms with van der Waals surface area (Å²) >= 11 is 0. The molecule has 0 atom stereocenters. The number of carbonyl (C=O) groups excluding carboxylic acids is 2. The van der Waals surface area contributed by atoms with Crippen molar-refractivity contribution in [3.8, 4) is 5.82 Å². The largest absolute Gasteiger partial charge is 0.475 e. The van der Waals surface area contributed by atoms with Crippen molar-refractivity contribution in [3.05, 3.63) is 64.6 Å². The maximum Gasteiger partial charge on any atom is 0.414 e. The topological polar surface area (TPSA) is 170 Å². The van der Waals surface area contributed by atoms with Gasteiger partial charge in [-0.1, -0.05) is 0 Å². The van der Waals surface area contributed by atoms with E-state index in [0.29, 0.717) is 0 Å². The maximum absolute atomic E-state index is 13.2. The number of nitrogens with one attached hydrogen (secondary N) is 1. The molecule has 0 saturated heterocycles. The number of ether oxygens (including phenoxy) is 1. The monoisotopic (exact) mass is 498 g/mol. The Kier molecular flexibility index (Phi) is 7.04. The molecular weight excluding hydrogens is 475 g/mol. The van der Waals surface area contributed by atoms with Gasteiger partial charge in [0.15, 0.2) is 0 Å². The predicted octanol–water partition coefficient (Wildman–Crippen LogP) is 2.73. The molecule has 0 fully saturated rings. The van der Waals surface area contributed by atoms with Crippen LogP contribution in [0.4, 0.5) is 32.1 Å². The summed E-state index contributed by atoms with van der Waals surface area (Å²) in [5.41, 5.74) is 3.40. The minimum absolute atomic E-state index is 0.0412. The Morgan fingerprint density at radius 2 is 1.92 bits per heavy atom. The summed E-state index contributed by atoms with van der Waals surface area (Å²) in [5, 5.41) is 11.9. The Bertz CT molecular complexity index is 1400. The summed E-state index contributed by atoms with van der Waals surface area (Å²) < 4.78 is 19.7. The second-order valence-corrected chi connectivity index (χ2v) is 8.52. The van der Waals surface area contributed by atoms with E-state index in [1.165, 1.54) is 37.5 Å². The zero-order valence-corrected chi connectivity index (χ0v) is 19.8. The number of Topliss-reactive ketones (excluding diaryl/α,β-unsaturated/α-hetero) is 1. The van der Waals surface area contributed by atoms with Crippen molar-refractivity contribution in [2.24, 2.45) is 0 Å². The summed E-state index contributed by atoms with van der Waals surface area (Å²) in [6, 6.07) is 6.60. The van der Waals surface area contributed by atoms with Gasteiger partial charge in [0.1, 0.15) is 34.4 Å². The van der Waals surface area contributed by atoms with Gasteiger partial charge < -0.3 is 20.9 Å². The number of nitrogens with zero attached hydrogens (tertiary/aromatic N) is 4. The van der Waals surface area contributed by atoms with Crippen molar-refractivity contribution in [2.45, 2.75) is 26.4 Å². The molecule has 0 aliphatic heterocycles. The van der Waals surface area contributed by atoms with Gasteiger partial charge in [0, 0.05) is 19.3 Å². The predicted molar refractivity (Wildman–Crippen MR) is 128 cm³/mol. The highest BCUT2D eigenvalue weighted by Crippen LogP contribution is 2.30. The average Bonchev–Trinajstić information content (AvgIpc) is 2.80. The third kappa shape index (κ3) is 5.63. The number of carbonyl (C=O) groups is 3. The molecule has 1 amide bonds. The number of ketones is 1. The fraction of sp³-hybridized carbons (Fsp3) is 0.217. The van der Waals surface area contributed by atoms with Crippen molar-refractivity contribution in [1.82, 2.24) is 14.5 Å². The molecule has 188 valence electrons. The summed E-state index contributed by atoms with van der Waals surface area (Å²) in [6.07, 6.45) is 1.53. The maximum atomic E-state index is 13.2. The molecule has 0 unspecified atom stereocenters. The average molecular weight is 498 g/mol. The zero-order valence-electron chi connectivity index (χ0n) is 19.8. The highest BCUT2D eigenvalue weighted by molar-refractivity contribution is 6.40. The molecule has 13 heteroatoms. The van der Waals surface area contributed by atoms with Crippen LogP contribution in [-0.2, 0) is 9.53 Å². The van der Waals surface area contributed by atoms with Crippen LogP contribution in [0.3, 0.4) is 0 Å². The second-order valence-electron chi connectivity index (χ2n) is 8.52. The van der Waals surface area contributed by atoms with Crippen molar-refractivity contribution in [1.29, 1.82) is 0 Å². The zero-order chi connectivity index (χ0) is 26.8. The molecule has 0 spiro atoms. The molecule has 0 bridgehead atoms. The molecule has 3 heterocycles. The van der Waals surface area contributed by atoms with Gasteiger partial charge >= 0.3 is 12.1 Å².